The highest BCUT2D eigenvalue weighted by molar-refractivity contribution is 6.38. The minimum absolute atomic E-state index is 0.0729. The fourth-order valence-corrected chi connectivity index (χ4v) is 3.19. The maximum atomic E-state index is 12.8. The van der Waals surface area contributed by atoms with Gasteiger partial charge in [0.1, 0.15) is 12.6 Å². The van der Waals surface area contributed by atoms with Crippen molar-refractivity contribution in [3.63, 3.8) is 0 Å². The third kappa shape index (κ3) is 5.77. The largest absolute Gasteiger partial charge is 0.445 e. The van der Waals surface area contributed by atoms with Crippen molar-refractivity contribution in [2.75, 3.05) is 19.8 Å². The molecule has 3 N–H and O–H groups in total. The van der Waals surface area contributed by atoms with E-state index in [0.717, 1.165) is 12.0 Å². The van der Waals surface area contributed by atoms with E-state index < -0.39 is 35.8 Å². The fraction of sp³-hybridized carbons (Fsp3) is 0.500. The van der Waals surface area contributed by atoms with Crippen molar-refractivity contribution >= 4 is 23.7 Å². The predicted molar refractivity (Wildman–Crippen MR) is 102 cm³/mol. The smallest absolute Gasteiger partial charge is 0.408 e. The summed E-state index contributed by atoms with van der Waals surface area (Å²) in [6, 6.07) is 7.35. The van der Waals surface area contributed by atoms with Crippen molar-refractivity contribution in [3.05, 3.63) is 35.9 Å². The van der Waals surface area contributed by atoms with Gasteiger partial charge in [-0.25, -0.2) is 4.79 Å². The Morgan fingerprint density at radius 2 is 1.93 bits per heavy atom. The second-order valence-corrected chi connectivity index (χ2v) is 7.16. The van der Waals surface area contributed by atoms with Crippen molar-refractivity contribution in [1.82, 2.24) is 16.0 Å². The number of carbonyl (C=O) groups excluding carboxylic acids is 4. The van der Waals surface area contributed by atoms with Crippen molar-refractivity contribution in [2.45, 2.75) is 38.0 Å². The van der Waals surface area contributed by atoms with Crippen molar-refractivity contribution in [1.29, 1.82) is 0 Å². The quantitative estimate of drug-likeness (QED) is 0.587. The SMILES string of the molecule is O=C(NC(C(=O)NC1CCCCNC(=O)C1=O)C1COC1)OCc1ccccc1. The zero-order chi connectivity index (χ0) is 20.6. The van der Waals surface area contributed by atoms with Crippen molar-refractivity contribution in [3.8, 4) is 0 Å². The lowest BCUT2D eigenvalue weighted by Crippen LogP contribution is -2.59. The molecule has 2 aliphatic rings. The van der Waals surface area contributed by atoms with Gasteiger partial charge in [0.25, 0.3) is 5.91 Å². The summed E-state index contributed by atoms with van der Waals surface area (Å²) in [5, 5.41) is 7.71. The minimum atomic E-state index is -0.909. The lowest BCUT2D eigenvalue weighted by molar-refractivity contribution is -0.141. The van der Waals surface area contributed by atoms with E-state index in [4.69, 9.17) is 9.47 Å². The van der Waals surface area contributed by atoms with Crippen molar-refractivity contribution in [2.24, 2.45) is 5.92 Å². The number of Topliss-reactive ketones (excluding diaryl/α,β-unsaturated/α-hetero) is 1. The molecule has 3 rings (SSSR count). The molecule has 2 saturated heterocycles. The molecule has 9 nitrogen and oxygen atoms in total. The second kappa shape index (κ2) is 10.0. The standard InChI is InChI=1S/C20H25N3O6/c24-17-15(8-4-5-9-21-19(17)26)22-18(25)16(14-11-28-12-14)23-20(27)29-10-13-6-2-1-3-7-13/h1-3,6-7,14-16H,4-5,8-12H2,(H,21,26)(H,22,25)(H,23,27). The summed E-state index contributed by atoms with van der Waals surface area (Å²) in [4.78, 5) is 49.0. The Balaban J connectivity index is 1.58. The van der Waals surface area contributed by atoms with E-state index in [1.807, 2.05) is 30.3 Å². The first kappa shape index (κ1) is 20.8. The number of alkyl carbamates (subject to hydrolysis) is 1. The first-order valence-electron chi connectivity index (χ1n) is 9.72. The number of amides is 3. The topological polar surface area (TPSA) is 123 Å². The molecule has 29 heavy (non-hydrogen) atoms. The molecule has 2 atom stereocenters. The van der Waals surface area contributed by atoms with Gasteiger partial charge < -0.3 is 25.4 Å². The van der Waals surface area contributed by atoms with Gasteiger partial charge in [0.2, 0.25) is 11.7 Å². The second-order valence-electron chi connectivity index (χ2n) is 7.16. The Kier molecular flexibility index (Phi) is 7.18. The summed E-state index contributed by atoms with van der Waals surface area (Å²) in [6.07, 6.45) is 1.07. The molecule has 0 aromatic heterocycles. The van der Waals surface area contributed by atoms with Gasteiger partial charge in [-0.3, -0.25) is 14.4 Å². The Bertz CT molecular complexity index is 750. The molecule has 156 valence electrons. The molecule has 1 aromatic rings. The molecule has 0 saturated carbocycles. The molecule has 0 radical (unpaired) electrons. The molecule has 2 aliphatic heterocycles. The van der Waals surface area contributed by atoms with Gasteiger partial charge in [0.05, 0.1) is 19.3 Å². The van der Waals surface area contributed by atoms with Crippen LogP contribution in [0.15, 0.2) is 30.3 Å². The summed E-state index contributed by atoms with van der Waals surface area (Å²) in [7, 11) is 0. The molecule has 2 fully saturated rings. The molecule has 0 spiro atoms. The Morgan fingerprint density at radius 3 is 2.62 bits per heavy atom. The van der Waals surface area contributed by atoms with Crippen LogP contribution in [0.4, 0.5) is 4.79 Å². The Morgan fingerprint density at radius 1 is 1.17 bits per heavy atom. The molecular weight excluding hydrogens is 378 g/mol. The van der Waals surface area contributed by atoms with Crippen LogP contribution in [-0.2, 0) is 30.5 Å². The average Bonchev–Trinajstić information content (AvgIpc) is 2.68. The number of ether oxygens (including phenoxy) is 2. The zero-order valence-electron chi connectivity index (χ0n) is 16.0. The van der Waals surface area contributed by atoms with Crippen LogP contribution in [0, 0.1) is 5.92 Å². The van der Waals surface area contributed by atoms with E-state index in [9.17, 15) is 19.2 Å². The van der Waals surface area contributed by atoms with Crippen LogP contribution >= 0.6 is 0 Å². The van der Waals surface area contributed by atoms with Crippen LogP contribution in [0.2, 0.25) is 0 Å². The summed E-state index contributed by atoms with van der Waals surface area (Å²) < 4.78 is 10.3. The van der Waals surface area contributed by atoms with Crippen molar-refractivity contribution < 1.29 is 28.7 Å². The van der Waals surface area contributed by atoms with Gasteiger partial charge in [-0.15, -0.1) is 0 Å². The van der Waals surface area contributed by atoms with E-state index in [2.05, 4.69) is 16.0 Å². The minimum Gasteiger partial charge on any atom is -0.445 e. The van der Waals surface area contributed by atoms with E-state index in [1.54, 1.807) is 0 Å². The van der Waals surface area contributed by atoms with E-state index in [-0.39, 0.29) is 12.5 Å². The number of carbonyl (C=O) groups is 4. The summed E-state index contributed by atoms with van der Waals surface area (Å²) in [5.41, 5.74) is 0.821. The number of hydrogen-bond acceptors (Lipinski definition) is 6. The third-order valence-electron chi connectivity index (χ3n) is 4.97. The number of nitrogens with one attached hydrogen (secondary N) is 3. The van der Waals surface area contributed by atoms with Crippen LogP contribution in [0.5, 0.6) is 0 Å². The van der Waals surface area contributed by atoms with E-state index in [1.165, 1.54) is 0 Å². The summed E-state index contributed by atoms with van der Waals surface area (Å²) in [6.45, 7) is 1.15. The van der Waals surface area contributed by atoms with Crippen LogP contribution in [0.25, 0.3) is 0 Å². The number of ketones is 1. The maximum absolute atomic E-state index is 12.8. The molecular formula is C20H25N3O6. The highest BCUT2D eigenvalue weighted by Crippen LogP contribution is 2.16. The normalized spacial score (nSPS) is 21.0. The fourth-order valence-electron chi connectivity index (χ4n) is 3.19. The first-order valence-corrected chi connectivity index (χ1v) is 9.72. The van der Waals surface area contributed by atoms with Gasteiger partial charge in [0, 0.05) is 12.5 Å². The van der Waals surface area contributed by atoms with E-state index >= 15 is 0 Å². The monoisotopic (exact) mass is 403 g/mol. The van der Waals surface area contributed by atoms with Gasteiger partial charge >= 0.3 is 6.09 Å². The molecule has 2 unspecified atom stereocenters. The predicted octanol–water partition coefficient (Wildman–Crippen LogP) is 0.282. The lowest BCUT2D eigenvalue weighted by Gasteiger charge is -2.33. The zero-order valence-corrected chi connectivity index (χ0v) is 16.0. The lowest BCUT2D eigenvalue weighted by atomic mass is 9.96. The first-order chi connectivity index (χ1) is 14.0. The average molecular weight is 403 g/mol. The highest BCUT2D eigenvalue weighted by atomic mass is 16.5. The van der Waals surface area contributed by atoms with Gasteiger partial charge in [-0.1, -0.05) is 30.3 Å². The molecule has 2 heterocycles. The number of benzene rings is 1. The van der Waals surface area contributed by atoms with Crippen LogP contribution < -0.4 is 16.0 Å². The summed E-state index contributed by atoms with van der Waals surface area (Å²) in [5.74, 6) is -2.12. The van der Waals surface area contributed by atoms with Gasteiger partial charge in [-0.05, 0) is 24.8 Å². The molecule has 0 aliphatic carbocycles. The highest BCUT2D eigenvalue weighted by Gasteiger charge is 2.38. The molecule has 3 amide bonds. The van der Waals surface area contributed by atoms with Crippen LogP contribution in [-0.4, -0.2) is 55.5 Å². The van der Waals surface area contributed by atoms with Crippen LogP contribution in [0.1, 0.15) is 24.8 Å². The summed E-state index contributed by atoms with van der Waals surface area (Å²) >= 11 is 0. The van der Waals surface area contributed by atoms with E-state index in [0.29, 0.717) is 32.6 Å². The van der Waals surface area contributed by atoms with Gasteiger partial charge in [-0.2, -0.15) is 0 Å². The molecule has 1 aromatic carbocycles. The number of rotatable bonds is 6. The van der Waals surface area contributed by atoms with Gasteiger partial charge in [0.15, 0.2) is 0 Å². The third-order valence-corrected chi connectivity index (χ3v) is 4.97. The molecule has 9 heteroatoms. The Hall–Kier alpha value is -2.94. The Labute approximate surface area is 168 Å². The molecule has 0 bridgehead atoms. The van der Waals surface area contributed by atoms with Crippen LogP contribution in [0.3, 0.4) is 0 Å². The maximum Gasteiger partial charge on any atom is 0.408 e. The number of hydrogen-bond donors (Lipinski definition) is 3.